The van der Waals surface area contributed by atoms with Crippen LogP contribution in [-0.4, -0.2) is 35.4 Å². The highest BCUT2D eigenvalue weighted by atomic mass is 35.5. The van der Waals surface area contributed by atoms with Crippen LogP contribution in [0.2, 0.25) is 5.02 Å². The Balaban J connectivity index is 2.28. The second-order valence-electron chi connectivity index (χ2n) is 8.34. The Kier molecular flexibility index (Phi) is 8.30. The molecule has 0 aliphatic rings. The van der Waals surface area contributed by atoms with Crippen molar-refractivity contribution in [1.29, 1.82) is 0 Å². The maximum absolute atomic E-state index is 13.3. The quantitative estimate of drug-likeness (QED) is 0.665. The zero-order chi connectivity index (χ0) is 22.3. The van der Waals surface area contributed by atoms with Crippen molar-refractivity contribution in [3.8, 4) is 5.75 Å². The molecule has 0 saturated carbocycles. The summed E-state index contributed by atoms with van der Waals surface area (Å²) in [7, 11) is 1.60. The van der Waals surface area contributed by atoms with E-state index in [-0.39, 0.29) is 23.8 Å². The molecule has 2 rings (SSSR count). The minimum atomic E-state index is -0.564. The zero-order valence-electron chi connectivity index (χ0n) is 18.4. The topological polar surface area (TPSA) is 58.6 Å². The summed E-state index contributed by atoms with van der Waals surface area (Å²) in [5.41, 5.74) is 1.41. The summed E-state index contributed by atoms with van der Waals surface area (Å²) in [4.78, 5) is 27.9. The number of amides is 2. The van der Waals surface area contributed by atoms with Gasteiger partial charge in [-0.2, -0.15) is 0 Å². The number of hydrogen-bond donors (Lipinski definition) is 1. The Bertz CT molecular complexity index is 842. The molecule has 0 radical (unpaired) electrons. The summed E-state index contributed by atoms with van der Waals surface area (Å²) < 4.78 is 5.18. The van der Waals surface area contributed by atoms with Crippen LogP contribution < -0.4 is 10.1 Å². The first-order chi connectivity index (χ1) is 14.1. The SMILES string of the molecule is CC[C@@H](C(=O)NC(C)(C)C)N(Cc1ccc(Cl)cc1)C(=O)Cc1ccc(OC)cc1. The average Bonchev–Trinajstić information content (AvgIpc) is 2.68. The van der Waals surface area contributed by atoms with E-state index >= 15 is 0 Å². The molecule has 2 aromatic rings. The van der Waals surface area contributed by atoms with Crippen LogP contribution in [0, 0.1) is 0 Å². The molecular weight excluding hydrogens is 400 g/mol. The normalized spacial score (nSPS) is 12.2. The summed E-state index contributed by atoms with van der Waals surface area (Å²) in [6.07, 6.45) is 0.723. The van der Waals surface area contributed by atoms with E-state index in [1.54, 1.807) is 24.1 Å². The Labute approximate surface area is 184 Å². The van der Waals surface area contributed by atoms with Crippen molar-refractivity contribution in [2.75, 3.05) is 7.11 Å². The van der Waals surface area contributed by atoms with Crippen LogP contribution in [0.25, 0.3) is 0 Å². The van der Waals surface area contributed by atoms with Crippen molar-refractivity contribution in [2.45, 2.75) is 58.7 Å². The molecule has 0 spiro atoms. The van der Waals surface area contributed by atoms with E-state index in [1.807, 2.05) is 64.1 Å². The number of methoxy groups -OCH3 is 1. The Morgan fingerprint density at radius 1 is 1.03 bits per heavy atom. The van der Waals surface area contributed by atoms with Crippen molar-refractivity contribution in [1.82, 2.24) is 10.2 Å². The fourth-order valence-corrected chi connectivity index (χ4v) is 3.30. The van der Waals surface area contributed by atoms with Gasteiger partial charge in [0.05, 0.1) is 13.5 Å². The van der Waals surface area contributed by atoms with E-state index in [0.717, 1.165) is 16.9 Å². The molecule has 0 aliphatic heterocycles. The fourth-order valence-electron chi connectivity index (χ4n) is 3.18. The summed E-state index contributed by atoms with van der Waals surface area (Å²) in [6, 6.07) is 14.2. The molecule has 162 valence electrons. The second-order valence-corrected chi connectivity index (χ2v) is 8.77. The molecule has 0 unspecified atom stereocenters. The van der Waals surface area contributed by atoms with Gasteiger partial charge in [-0.3, -0.25) is 9.59 Å². The second kappa shape index (κ2) is 10.5. The maximum atomic E-state index is 13.3. The van der Waals surface area contributed by atoms with Gasteiger partial charge in [0.25, 0.3) is 0 Å². The summed E-state index contributed by atoms with van der Waals surface area (Å²) in [6.45, 7) is 8.05. The molecule has 5 nitrogen and oxygen atoms in total. The van der Waals surface area contributed by atoms with Crippen LogP contribution >= 0.6 is 11.6 Å². The number of carbonyl (C=O) groups excluding carboxylic acids is 2. The van der Waals surface area contributed by atoms with Crippen LogP contribution in [0.1, 0.15) is 45.2 Å². The van der Waals surface area contributed by atoms with Crippen LogP contribution in [-0.2, 0) is 22.6 Å². The number of nitrogens with one attached hydrogen (secondary N) is 1. The van der Waals surface area contributed by atoms with Crippen molar-refractivity contribution < 1.29 is 14.3 Å². The molecule has 0 aromatic heterocycles. The first kappa shape index (κ1) is 23.7. The molecule has 0 aliphatic carbocycles. The number of ether oxygens (including phenoxy) is 1. The number of benzene rings is 2. The highest BCUT2D eigenvalue weighted by Gasteiger charge is 2.30. The Hall–Kier alpha value is -2.53. The molecule has 2 amide bonds. The first-order valence-electron chi connectivity index (χ1n) is 10.1. The van der Waals surface area contributed by atoms with Gasteiger partial charge in [-0.15, -0.1) is 0 Å². The molecule has 0 heterocycles. The molecule has 1 atom stereocenters. The molecule has 0 saturated heterocycles. The van der Waals surface area contributed by atoms with Crippen molar-refractivity contribution >= 4 is 23.4 Å². The smallest absolute Gasteiger partial charge is 0.243 e. The maximum Gasteiger partial charge on any atom is 0.243 e. The molecular formula is C24H31ClN2O3. The van der Waals surface area contributed by atoms with Gasteiger partial charge in [-0.05, 0) is 62.6 Å². The van der Waals surface area contributed by atoms with Crippen LogP contribution in [0.4, 0.5) is 0 Å². The molecule has 2 aromatic carbocycles. The van der Waals surface area contributed by atoms with Crippen molar-refractivity contribution in [2.24, 2.45) is 0 Å². The average molecular weight is 431 g/mol. The number of carbonyl (C=O) groups is 2. The minimum absolute atomic E-state index is 0.106. The largest absolute Gasteiger partial charge is 0.497 e. The van der Waals surface area contributed by atoms with E-state index < -0.39 is 6.04 Å². The highest BCUT2D eigenvalue weighted by Crippen LogP contribution is 2.18. The van der Waals surface area contributed by atoms with E-state index in [0.29, 0.717) is 18.0 Å². The standard InChI is InChI=1S/C24H31ClN2O3/c1-6-21(23(29)26-24(2,3)4)27(16-18-7-11-19(25)12-8-18)22(28)15-17-9-13-20(30-5)14-10-17/h7-14,21H,6,15-16H2,1-5H3,(H,26,29)/t21-/m0/s1. The highest BCUT2D eigenvalue weighted by molar-refractivity contribution is 6.30. The van der Waals surface area contributed by atoms with Gasteiger partial charge < -0.3 is 15.0 Å². The van der Waals surface area contributed by atoms with Gasteiger partial charge in [-0.25, -0.2) is 0 Å². The van der Waals surface area contributed by atoms with Crippen LogP contribution in [0.15, 0.2) is 48.5 Å². The summed E-state index contributed by atoms with van der Waals surface area (Å²) in [5.74, 6) is 0.480. The lowest BCUT2D eigenvalue weighted by atomic mass is 10.0. The third kappa shape index (κ3) is 7.06. The molecule has 0 bridgehead atoms. The number of rotatable bonds is 8. The predicted molar refractivity (Wildman–Crippen MR) is 121 cm³/mol. The number of nitrogens with zero attached hydrogens (tertiary/aromatic N) is 1. The van der Waals surface area contributed by atoms with Gasteiger partial charge in [0.2, 0.25) is 11.8 Å². The fraction of sp³-hybridized carbons (Fsp3) is 0.417. The van der Waals surface area contributed by atoms with Crippen LogP contribution in [0.5, 0.6) is 5.75 Å². The lowest BCUT2D eigenvalue weighted by molar-refractivity contribution is -0.141. The number of halogens is 1. The zero-order valence-corrected chi connectivity index (χ0v) is 19.1. The van der Waals surface area contributed by atoms with Gasteiger partial charge >= 0.3 is 0 Å². The van der Waals surface area contributed by atoms with Crippen molar-refractivity contribution in [3.63, 3.8) is 0 Å². The molecule has 6 heteroatoms. The van der Waals surface area contributed by atoms with E-state index in [2.05, 4.69) is 5.32 Å². The van der Waals surface area contributed by atoms with Crippen molar-refractivity contribution in [3.05, 3.63) is 64.7 Å². The van der Waals surface area contributed by atoms with Gasteiger partial charge in [-0.1, -0.05) is 42.8 Å². The molecule has 30 heavy (non-hydrogen) atoms. The monoisotopic (exact) mass is 430 g/mol. The lowest BCUT2D eigenvalue weighted by Gasteiger charge is -2.33. The third-order valence-corrected chi connectivity index (χ3v) is 4.92. The van der Waals surface area contributed by atoms with Crippen LogP contribution in [0.3, 0.4) is 0 Å². The minimum Gasteiger partial charge on any atom is -0.497 e. The first-order valence-corrected chi connectivity index (χ1v) is 10.5. The Morgan fingerprint density at radius 3 is 2.10 bits per heavy atom. The van der Waals surface area contributed by atoms with E-state index in [1.165, 1.54) is 0 Å². The lowest BCUT2D eigenvalue weighted by Crippen LogP contribution is -2.53. The van der Waals surface area contributed by atoms with Gasteiger partial charge in [0.15, 0.2) is 0 Å². The third-order valence-electron chi connectivity index (χ3n) is 4.66. The summed E-state index contributed by atoms with van der Waals surface area (Å²) in [5, 5.41) is 3.64. The molecule has 0 fully saturated rings. The van der Waals surface area contributed by atoms with Gasteiger partial charge in [0.1, 0.15) is 11.8 Å². The predicted octanol–water partition coefficient (Wildman–Crippen LogP) is 4.61. The van der Waals surface area contributed by atoms with E-state index in [4.69, 9.17) is 16.3 Å². The molecule has 1 N–H and O–H groups in total. The Morgan fingerprint density at radius 2 is 1.60 bits per heavy atom. The van der Waals surface area contributed by atoms with E-state index in [9.17, 15) is 9.59 Å². The van der Waals surface area contributed by atoms with Gasteiger partial charge in [0, 0.05) is 17.1 Å². The summed E-state index contributed by atoms with van der Waals surface area (Å²) >= 11 is 6.00. The number of hydrogen-bond acceptors (Lipinski definition) is 3.